The van der Waals surface area contributed by atoms with Gasteiger partial charge in [-0.1, -0.05) is 49.6 Å². The lowest BCUT2D eigenvalue weighted by Crippen LogP contribution is -2.36. The van der Waals surface area contributed by atoms with E-state index in [1.54, 1.807) is 6.20 Å². The number of rotatable bonds is 5. The predicted molar refractivity (Wildman–Crippen MR) is 97.1 cm³/mol. The number of aromatic nitrogens is 1. The molecule has 0 spiro atoms. The van der Waals surface area contributed by atoms with Gasteiger partial charge in [-0.3, -0.25) is 9.78 Å². The van der Waals surface area contributed by atoms with Crippen LogP contribution in [0.15, 0.2) is 48.7 Å². The summed E-state index contributed by atoms with van der Waals surface area (Å²) >= 11 is 0. The van der Waals surface area contributed by atoms with Crippen LogP contribution in [0.2, 0.25) is 0 Å². The molecule has 0 saturated heterocycles. The fourth-order valence-corrected chi connectivity index (χ4v) is 3.23. The van der Waals surface area contributed by atoms with E-state index in [1.165, 1.54) is 24.8 Å². The number of hydrogen-bond acceptors (Lipinski definition) is 3. The van der Waals surface area contributed by atoms with Crippen molar-refractivity contribution in [2.24, 2.45) is 0 Å². The summed E-state index contributed by atoms with van der Waals surface area (Å²) in [5.41, 5.74) is 2.60. The molecule has 0 aliphatic heterocycles. The Kier molecular flexibility index (Phi) is 5.47. The van der Waals surface area contributed by atoms with E-state index in [2.05, 4.69) is 34.7 Å². The van der Waals surface area contributed by atoms with Crippen LogP contribution in [-0.4, -0.2) is 16.9 Å². The first kappa shape index (κ1) is 16.5. The zero-order valence-electron chi connectivity index (χ0n) is 14.2. The zero-order chi connectivity index (χ0) is 16.8. The highest BCUT2D eigenvalue weighted by molar-refractivity contribution is 5.93. The molecule has 2 aromatic rings. The third-order valence-electron chi connectivity index (χ3n) is 4.62. The van der Waals surface area contributed by atoms with Gasteiger partial charge in [0.1, 0.15) is 5.69 Å². The monoisotopic (exact) mass is 323 g/mol. The average molecular weight is 323 g/mol. The average Bonchev–Trinajstić information content (AvgIpc) is 2.63. The van der Waals surface area contributed by atoms with Crippen LogP contribution in [0, 0.1) is 0 Å². The third kappa shape index (κ3) is 4.34. The van der Waals surface area contributed by atoms with Crippen LogP contribution in [-0.2, 0) is 0 Å². The number of pyridine rings is 1. The Morgan fingerprint density at radius 1 is 1.12 bits per heavy atom. The van der Waals surface area contributed by atoms with Crippen molar-refractivity contribution in [2.45, 2.75) is 51.1 Å². The van der Waals surface area contributed by atoms with E-state index < -0.39 is 0 Å². The van der Waals surface area contributed by atoms with Crippen LogP contribution in [0.4, 0.5) is 5.69 Å². The molecule has 4 nitrogen and oxygen atoms in total. The first-order valence-electron chi connectivity index (χ1n) is 8.81. The molecule has 4 heteroatoms. The number of carbonyl (C=O) groups is 1. The van der Waals surface area contributed by atoms with Crippen molar-refractivity contribution in [1.82, 2.24) is 10.3 Å². The predicted octanol–water partition coefficient (Wildman–Crippen LogP) is 4.32. The van der Waals surface area contributed by atoms with Crippen molar-refractivity contribution >= 4 is 11.6 Å². The van der Waals surface area contributed by atoms with E-state index >= 15 is 0 Å². The van der Waals surface area contributed by atoms with Crippen molar-refractivity contribution < 1.29 is 4.79 Å². The molecular weight excluding hydrogens is 298 g/mol. The van der Waals surface area contributed by atoms with Crippen molar-refractivity contribution in [1.29, 1.82) is 0 Å². The number of carbonyl (C=O) groups excluding carboxylic acids is 1. The molecular formula is C20H25N3O. The van der Waals surface area contributed by atoms with Crippen LogP contribution in [0.1, 0.15) is 61.1 Å². The quantitative estimate of drug-likeness (QED) is 0.861. The van der Waals surface area contributed by atoms with Gasteiger partial charge in [0.05, 0.1) is 0 Å². The van der Waals surface area contributed by atoms with E-state index in [9.17, 15) is 4.79 Å². The molecule has 1 atom stereocenters. The number of anilines is 1. The lowest BCUT2D eigenvalue weighted by Gasteiger charge is -2.22. The molecule has 1 aromatic carbocycles. The van der Waals surface area contributed by atoms with Gasteiger partial charge in [-0.15, -0.1) is 0 Å². The minimum atomic E-state index is -0.0714. The van der Waals surface area contributed by atoms with Crippen LogP contribution in [0.3, 0.4) is 0 Å². The molecule has 126 valence electrons. The maximum atomic E-state index is 12.4. The fraction of sp³-hybridized carbons (Fsp3) is 0.400. The smallest absolute Gasteiger partial charge is 0.270 e. The van der Waals surface area contributed by atoms with E-state index in [1.807, 2.05) is 30.3 Å². The molecule has 0 radical (unpaired) electrons. The second kappa shape index (κ2) is 7.95. The second-order valence-corrected chi connectivity index (χ2v) is 6.51. The highest BCUT2D eigenvalue weighted by Crippen LogP contribution is 2.20. The van der Waals surface area contributed by atoms with E-state index in [0.717, 1.165) is 18.5 Å². The number of amides is 1. The molecule has 1 unspecified atom stereocenters. The van der Waals surface area contributed by atoms with Crippen molar-refractivity contribution in [3.8, 4) is 0 Å². The second-order valence-electron chi connectivity index (χ2n) is 6.51. The zero-order valence-corrected chi connectivity index (χ0v) is 14.2. The standard InChI is InChI=1S/C20H25N3O/c1-15(16-8-4-2-5-9-16)22-18-12-13-21-19(14-18)20(24)23-17-10-6-3-7-11-17/h2,4-5,8-9,12-15,17H,3,6-7,10-11H2,1H3,(H,21,22)(H,23,24). The van der Waals surface area contributed by atoms with E-state index in [-0.39, 0.29) is 11.9 Å². The Hall–Kier alpha value is -2.36. The molecule has 1 amide bonds. The Morgan fingerprint density at radius 2 is 1.88 bits per heavy atom. The molecule has 3 rings (SSSR count). The van der Waals surface area contributed by atoms with Crippen molar-refractivity contribution in [2.75, 3.05) is 5.32 Å². The minimum Gasteiger partial charge on any atom is -0.378 e. The molecule has 0 bridgehead atoms. The largest absolute Gasteiger partial charge is 0.378 e. The van der Waals surface area contributed by atoms with Gasteiger partial charge < -0.3 is 10.6 Å². The van der Waals surface area contributed by atoms with Crippen molar-refractivity contribution in [3.05, 3.63) is 59.9 Å². The van der Waals surface area contributed by atoms with Gasteiger partial charge in [0.25, 0.3) is 5.91 Å². The molecule has 1 aromatic heterocycles. The first-order chi connectivity index (χ1) is 11.7. The Bertz CT molecular complexity index is 666. The number of nitrogens with zero attached hydrogens (tertiary/aromatic N) is 1. The number of nitrogens with one attached hydrogen (secondary N) is 2. The topological polar surface area (TPSA) is 54.0 Å². The molecule has 2 N–H and O–H groups in total. The first-order valence-corrected chi connectivity index (χ1v) is 8.81. The van der Waals surface area contributed by atoms with Gasteiger partial charge in [0.15, 0.2) is 0 Å². The summed E-state index contributed by atoms with van der Waals surface area (Å²) in [4.78, 5) is 16.7. The lowest BCUT2D eigenvalue weighted by atomic mass is 9.95. The van der Waals surface area contributed by atoms with Gasteiger partial charge in [0.2, 0.25) is 0 Å². The molecule has 1 saturated carbocycles. The van der Waals surface area contributed by atoms with Crippen LogP contribution < -0.4 is 10.6 Å². The molecule has 1 aliphatic carbocycles. The summed E-state index contributed by atoms with van der Waals surface area (Å²) in [6, 6.07) is 14.5. The van der Waals surface area contributed by atoms with E-state index in [4.69, 9.17) is 0 Å². The van der Waals surface area contributed by atoms with Gasteiger partial charge in [-0.2, -0.15) is 0 Å². The lowest BCUT2D eigenvalue weighted by molar-refractivity contribution is 0.0922. The molecule has 1 fully saturated rings. The SMILES string of the molecule is CC(Nc1ccnc(C(=O)NC2CCCCC2)c1)c1ccccc1. The fourth-order valence-electron chi connectivity index (χ4n) is 3.23. The van der Waals surface area contributed by atoms with Gasteiger partial charge in [0, 0.05) is 24.0 Å². The highest BCUT2D eigenvalue weighted by Gasteiger charge is 2.17. The highest BCUT2D eigenvalue weighted by atomic mass is 16.1. The maximum absolute atomic E-state index is 12.4. The van der Waals surface area contributed by atoms with Gasteiger partial charge in [-0.05, 0) is 37.5 Å². The van der Waals surface area contributed by atoms with Crippen molar-refractivity contribution in [3.63, 3.8) is 0 Å². The summed E-state index contributed by atoms with van der Waals surface area (Å²) in [6.07, 6.45) is 7.53. The normalized spacial score (nSPS) is 16.4. The summed E-state index contributed by atoms with van der Waals surface area (Å²) in [5, 5.41) is 6.56. The van der Waals surface area contributed by atoms with Crippen LogP contribution in [0.25, 0.3) is 0 Å². The molecule has 24 heavy (non-hydrogen) atoms. The molecule has 1 heterocycles. The summed E-state index contributed by atoms with van der Waals surface area (Å²) in [6.45, 7) is 2.11. The molecule has 1 aliphatic rings. The number of hydrogen-bond donors (Lipinski definition) is 2. The van der Waals surface area contributed by atoms with Gasteiger partial charge >= 0.3 is 0 Å². The Balaban J connectivity index is 1.64. The third-order valence-corrected chi connectivity index (χ3v) is 4.62. The van der Waals surface area contributed by atoms with Crippen LogP contribution in [0.5, 0.6) is 0 Å². The number of benzene rings is 1. The Labute approximate surface area is 143 Å². The van der Waals surface area contributed by atoms with Crippen LogP contribution >= 0.6 is 0 Å². The van der Waals surface area contributed by atoms with Gasteiger partial charge in [-0.25, -0.2) is 0 Å². The Morgan fingerprint density at radius 3 is 2.62 bits per heavy atom. The maximum Gasteiger partial charge on any atom is 0.270 e. The summed E-state index contributed by atoms with van der Waals surface area (Å²) < 4.78 is 0. The summed E-state index contributed by atoms with van der Waals surface area (Å²) in [7, 11) is 0. The summed E-state index contributed by atoms with van der Waals surface area (Å²) in [5.74, 6) is -0.0714. The van der Waals surface area contributed by atoms with E-state index in [0.29, 0.717) is 11.7 Å². The minimum absolute atomic E-state index is 0.0714.